The van der Waals surface area contributed by atoms with Crippen LogP contribution in [0.3, 0.4) is 0 Å². The van der Waals surface area contributed by atoms with Crippen molar-refractivity contribution in [2.75, 3.05) is 26.7 Å². The zero-order valence-corrected chi connectivity index (χ0v) is 15.5. The van der Waals surface area contributed by atoms with Crippen molar-refractivity contribution in [3.63, 3.8) is 0 Å². The van der Waals surface area contributed by atoms with Crippen LogP contribution >= 0.6 is 0 Å². The maximum atomic E-state index is 12.8. The lowest BCUT2D eigenvalue weighted by molar-refractivity contribution is 0.0930. The molecular formula is C22H28N2O2. The molecule has 0 bridgehead atoms. The summed E-state index contributed by atoms with van der Waals surface area (Å²) in [5, 5.41) is 6.69. The zero-order chi connectivity index (χ0) is 18.2. The summed E-state index contributed by atoms with van der Waals surface area (Å²) in [6.45, 7) is 2.68. The third-order valence-corrected chi connectivity index (χ3v) is 5.40. The molecule has 138 valence electrons. The molecule has 0 aromatic heterocycles. The lowest BCUT2D eigenvalue weighted by Gasteiger charge is -2.35. The van der Waals surface area contributed by atoms with Gasteiger partial charge in [0.1, 0.15) is 5.75 Å². The monoisotopic (exact) mass is 352 g/mol. The van der Waals surface area contributed by atoms with Gasteiger partial charge in [0, 0.05) is 12.0 Å². The summed E-state index contributed by atoms with van der Waals surface area (Å²) in [4.78, 5) is 12.8. The number of hydrogen-bond donors (Lipinski definition) is 2. The van der Waals surface area contributed by atoms with Gasteiger partial charge in [0.2, 0.25) is 0 Å². The van der Waals surface area contributed by atoms with Crippen LogP contribution in [0, 0.1) is 5.41 Å². The van der Waals surface area contributed by atoms with Crippen molar-refractivity contribution in [3.05, 3.63) is 65.8 Å². The number of carbonyl (C=O) groups excluding carboxylic acids is 1. The molecule has 1 fully saturated rings. The first kappa shape index (κ1) is 18.5. The lowest BCUT2D eigenvalue weighted by atomic mass is 9.72. The fraction of sp³-hybridized carbons (Fsp3) is 0.409. The Morgan fingerprint density at radius 1 is 1.19 bits per heavy atom. The first-order valence-corrected chi connectivity index (χ1v) is 9.40. The van der Waals surface area contributed by atoms with E-state index in [-0.39, 0.29) is 11.3 Å². The van der Waals surface area contributed by atoms with Crippen LogP contribution in [0.4, 0.5) is 0 Å². The average molecular weight is 352 g/mol. The predicted octanol–water partition coefficient (Wildman–Crippen LogP) is 3.63. The highest BCUT2D eigenvalue weighted by molar-refractivity contribution is 5.96. The molecule has 1 heterocycles. The molecule has 1 saturated heterocycles. The van der Waals surface area contributed by atoms with Crippen molar-refractivity contribution in [3.8, 4) is 5.75 Å². The van der Waals surface area contributed by atoms with Crippen molar-refractivity contribution in [2.45, 2.75) is 25.7 Å². The van der Waals surface area contributed by atoms with Gasteiger partial charge in [-0.15, -0.1) is 0 Å². The first-order valence-electron chi connectivity index (χ1n) is 9.40. The number of allylic oxidation sites excluding steroid dienone is 5. The highest BCUT2D eigenvalue weighted by Crippen LogP contribution is 2.39. The normalized spacial score (nSPS) is 22.9. The Morgan fingerprint density at radius 3 is 2.96 bits per heavy atom. The number of methoxy groups -OCH3 is 1. The maximum Gasteiger partial charge on any atom is 0.255 e. The van der Waals surface area contributed by atoms with Crippen molar-refractivity contribution in [1.82, 2.24) is 10.6 Å². The van der Waals surface area contributed by atoms with E-state index in [4.69, 9.17) is 4.74 Å². The second kappa shape index (κ2) is 8.86. The molecule has 1 aromatic rings. The molecule has 1 aliphatic carbocycles. The molecule has 1 aromatic carbocycles. The number of nitrogens with one attached hydrogen (secondary N) is 2. The second-order valence-corrected chi connectivity index (χ2v) is 6.98. The van der Waals surface area contributed by atoms with E-state index >= 15 is 0 Å². The maximum absolute atomic E-state index is 12.8. The molecule has 1 unspecified atom stereocenters. The van der Waals surface area contributed by atoms with Crippen molar-refractivity contribution >= 4 is 5.91 Å². The fourth-order valence-corrected chi connectivity index (χ4v) is 3.89. The molecule has 1 amide bonds. The van der Waals surface area contributed by atoms with E-state index in [0.717, 1.165) is 38.8 Å². The number of amides is 1. The molecule has 0 spiro atoms. The minimum atomic E-state index is -0.0701. The van der Waals surface area contributed by atoms with Crippen molar-refractivity contribution < 1.29 is 9.53 Å². The Labute approximate surface area is 156 Å². The summed E-state index contributed by atoms with van der Waals surface area (Å²) in [5.41, 5.74) is 2.00. The highest BCUT2D eigenvalue weighted by Gasteiger charge is 2.34. The summed E-state index contributed by atoms with van der Waals surface area (Å²) in [6.07, 6.45) is 14.9. The fourth-order valence-electron chi connectivity index (χ4n) is 3.89. The third kappa shape index (κ3) is 4.25. The van der Waals surface area contributed by atoms with E-state index in [1.807, 2.05) is 24.3 Å². The number of rotatable bonds is 5. The SMILES string of the molecule is COc1ccccc1C(=O)NCC1(C2=CC=CC=CC2)CCCNCC1. The molecule has 3 rings (SSSR count). The highest BCUT2D eigenvalue weighted by atomic mass is 16.5. The molecule has 26 heavy (non-hydrogen) atoms. The molecule has 1 aliphatic heterocycles. The predicted molar refractivity (Wildman–Crippen MR) is 105 cm³/mol. The van der Waals surface area contributed by atoms with E-state index in [1.54, 1.807) is 7.11 Å². The zero-order valence-electron chi connectivity index (χ0n) is 15.5. The van der Waals surface area contributed by atoms with E-state index in [2.05, 4.69) is 41.0 Å². The Morgan fingerprint density at radius 2 is 2.08 bits per heavy atom. The number of hydrogen-bond acceptors (Lipinski definition) is 3. The summed E-state index contributed by atoms with van der Waals surface area (Å²) >= 11 is 0. The topological polar surface area (TPSA) is 50.4 Å². The van der Waals surface area contributed by atoms with Crippen LogP contribution in [-0.2, 0) is 0 Å². The van der Waals surface area contributed by atoms with Gasteiger partial charge in [-0.3, -0.25) is 4.79 Å². The van der Waals surface area contributed by atoms with Crippen LogP contribution in [0.1, 0.15) is 36.0 Å². The summed E-state index contributed by atoms with van der Waals surface area (Å²) in [6, 6.07) is 7.38. The van der Waals surface area contributed by atoms with Gasteiger partial charge < -0.3 is 15.4 Å². The smallest absolute Gasteiger partial charge is 0.255 e. The van der Waals surface area contributed by atoms with Gasteiger partial charge in [0.05, 0.1) is 12.7 Å². The molecule has 2 aliphatic rings. The number of ether oxygens (including phenoxy) is 1. The van der Waals surface area contributed by atoms with E-state index in [1.165, 1.54) is 5.57 Å². The molecule has 4 nitrogen and oxygen atoms in total. The Balaban J connectivity index is 1.80. The van der Waals surface area contributed by atoms with Crippen molar-refractivity contribution in [2.24, 2.45) is 5.41 Å². The Bertz CT molecular complexity index is 711. The Kier molecular flexibility index (Phi) is 6.29. The second-order valence-electron chi connectivity index (χ2n) is 6.98. The van der Waals surface area contributed by atoms with Gasteiger partial charge >= 0.3 is 0 Å². The quantitative estimate of drug-likeness (QED) is 0.851. The molecule has 2 N–H and O–H groups in total. The van der Waals surface area contributed by atoms with Crippen LogP contribution < -0.4 is 15.4 Å². The lowest BCUT2D eigenvalue weighted by Crippen LogP contribution is -2.39. The minimum absolute atomic E-state index is 0.000194. The third-order valence-electron chi connectivity index (χ3n) is 5.40. The first-order chi connectivity index (χ1) is 12.7. The van der Waals surface area contributed by atoms with Gasteiger partial charge in [0.25, 0.3) is 5.91 Å². The standard InChI is InChI=1S/C22H28N2O2/c1-26-20-12-7-6-11-19(20)21(25)24-17-22(13-8-15-23-16-14-22)18-9-4-2-3-5-10-18/h2-7,9,11-12,23H,8,10,13-17H2,1H3,(H,24,25). The van der Waals surface area contributed by atoms with Gasteiger partial charge in [0.15, 0.2) is 0 Å². The molecule has 1 atom stereocenters. The molecule has 0 saturated carbocycles. The largest absolute Gasteiger partial charge is 0.496 e. The molecular weight excluding hydrogens is 324 g/mol. The van der Waals surface area contributed by atoms with Gasteiger partial charge in [-0.2, -0.15) is 0 Å². The van der Waals surface area contributed by atoms with Crippen LogP contribution in [0.5, 0.6) is 5.75 Å². The van der Waals surface area contributed by atoms with Gasteiger partial charge in [-0.05, 0) is 50.9 Å². The van der Waals surface area contributed by atoms with E-state index in [9.17, 15) is 4.79 Å². The van der Waals surface area contributed by atoms with Gasteiger partial charge in [-0.25, -0.2) is 0 Å². The van der Waals surface area contributed by atoms with E-state index < -0.39 is 0 Å². The number of para-hydroxylation sites is 1. The van der Waals surface area contributed by atoms with Crippen LogP contribution in [0.2, 0.25) is 0 Å². The minimum Gasteiger partial charge on any atom is -0.496 e. The Hall–Kier alpha value is -2.33. The summed E-state index contributed by atoms with van der Waals surface area (Å²) in [7, 11) is 1.60. The van der Waals surface area contributed by atoms with Gasteiger partial charge in [-0.1, -0.05) is 48.1 Å². The van der Waals surface area contributed by atoms with Crippen LogP contribution in [0.25, 0.3) is 0 Å². The molecule has 0 radical (unpaired) electrons. The summed E-state index contributed by atoms with van der Waals surface area (Å²) in [5.74, 6) is 0.542. The van der Waals surface area contributed by atoms with Crippen molar-refractivity contribution in [1.29, 1.82) is 0 Å². The van der Waals surface area contributed by atoms with Crippen LogP contribution in [0.15, 0.2) is 60.2 Å². The number of carbonyl (C=O) groups is 1. The molecule has 4 heteroatoms. The number of benzene rings is 1. The average Bonchev–Trinajstić information content (AvgIpc) is 3.10. The summed E-state index contributed by atoms with van der Waals surface area (Å²) < 4.78 is 5.34. The van der Waals surface area contributed by atoms with E-state index in [0.29, 0.717) is 17.9 Å². The van der Waals surface area contributed by atoms with Crippen LogP contribution in [-0.4, -0.2) is 32.7 Å².